The molecule has 0 radical (unpaired) electrons. The van der Waals surface area contributed by atoms with Crippen LogP contribution in [-0.4, -0.2) is 53.0 Å². The second kappa shape index (κ2) is 14.1. The fourth-order valence-corrected chi connectivity index (χ4v) is 4.53. The van der Waals surface area contributed by atoms with Crippen molar-refractivity contribution >= 4 is 35.4 Å². The highest BCUT2D eigenvalue weighted by atomic mass is 32.2. The third-order valence-corrected chi connectivity index (χ3v) is 6.40. The molecule has 7 nitrogen and oxygen atoms in total. The largest absolute Gasteiger partial charge is 0.444 e. The molecule has 2 N–H and O–H groups in total. The molecule has 202 valence electrons. The molecule has 0 aliphatic carbocycles. The van der Waals surface area contributed by atoms with Gasteiger partial charge in [0.25, 0.3) is 5.91 Å². The Morgan fingerprint density at radius 1 is 1.00 bits per heavy atom. The highest BCUT2D eigenvalue weighted by Gasteiger charge is 2.36. The molecule has 8 heteroatoms. The van der Waals surface area contributed by atoms with E-state index in [9.17, 15) is 14.4 Å². The SMILES string of the molecule is CCCN(C(=O)C(CCSC)NC(=O)OC(C)(C)C)C(C(=O)Nc1c(C)cccc1C)c1ccccc1. The zero-order chi connectivity index (χ0) is 27.6. The monoisotopic (exact) mass is 527 g/mol. The number of anilines is 1. The molecule has 2 aromatic rings. The lowest BCUT2D eigenvalue weighted by Crippen LogP contribution is -2.52. The van der Waals surface area contributed by atoms with E-state index in [2.05, 4.69) is 10.6 Å². The van der Waals surface area contributed by atoms with E-state index in [4.69, 9.17) is 4.74 Å². The van der Waals surface area contributed by atoms with Crippen molar-refractivity contribution in [2.24, 2.45) is 0 Å². The fraction of sp³-hybridized carbons (Fsp3) is 0.483. The third-order valence-electron chi connectivity index (χ3n) is 5.75. The van der Waals surface area contributed by atoms with Crippen molar-refractivity contribution in [1.82, 2.24) is 10.2 Å². The minimum absolute atomic E-state index is 0.300. The summed E-state index contributed by atoms with van der Waals surface area (Å²) in [5, 5.41) is 5.84. The van der Waals surface area contributed by atoms with E-state index >= 15 is 0 Å². The van der Waals surface area contributed by atoms with Gasteiger partial charge in [-0.1, -0.05) is 55.5 Å². The molecule has 0 bridgehead atoms. The first-order valence-corrected chi connectivity index (χ1v) is 14.1. The van der Waals surface area contributed by atoms with Crippen LogP contribution in [0.3, 0.4) is 0 Å². The van der Waals surface area contributed by atoms with Crippen LogP contribution in [0.25, 0.3) is 0 Å². The number of ether oxygens (including phenoxy) is 1. The van der Waals surface area contributed by atoms with Crippen molar-refractivity contribution in [2.75, 3.05) is 23.9 Å². The maximum Gasteiger partial charge on any atom is 0.408 e. The Morgan fingerprint density at radius 3 is 2.16 bits per heavy atom. The predicted molar refractivity (Wildman–Crippen MR) is 152 cm³/mol. The molecular weight excluding hydrogens is 486 g/mol. The van der Waals surface area contributed by atoms with E-state index in [1.54, 1.807) is 37.4 Å². The van der Waals surface area contributed by atoms with Crippen molar-refractivity contribution in [1.29, 1.82) is 0 Å². The number of rotatable bonds is 11. The number of amides is 3. The lowest BCUT2D eigenvalue weighted by atomic mass is 10.0. The summed E-state index contributed by atoms with van der Waals surface area (Å²) < 4.78 is 5.43. The molecule has 0 aliphatic heterocycles. The van der Waals surface area contributed by atoms with Gasteiger partial charge in [-0.05, 0) is 76.2 Å². The number of nitrogens with zero attached hydrogens (tertiary/aromatic N) is 1. The molecule has 0 saturated carbocycles. The molecule has 37 heavy (non-hydrogen) atoms. The molecule has 2 unspecified atom stereocenters. The summed E-state index contributed by atoms with van der Waals surface area (Å²) in [7, 11) is 0. The molecule has 2 rings (SSSR count). The Balaban J connectivity index is 2.47. The van der Waals surface area contributed by atoms with Crippen LogP contribution in [0.1, 0.15) is 63.3 Å². The van der Waals surface area contributed by atoms with E-state index in [0.717, 1.165) is 16.8 Å². The summed E-state index contributed by atoms with van der Waals surface area (Å²) in [5.41, 5.74) is 2.63. The van der Waals surface area contributed by atoms with Gasteiger partial charge in [0.1, 0.15) is 17.7 Å². The zero-order valence-electron chi connectivity index (χ0n) is 23.1. The maximum absolute atomic E-state index is 14.0. The Bertz CT molecular complexity index is 1030. The van der Waals surface area contributed by atoms with Gasteiger partial charge in [0.05, 0.1) is 0 Å². The number of alkyl carbamates (subject to hydrolysis) is 1. The van der Waals surface area contributed by atoms with Crippen LogP contribution >= 0.6 is 11.8 Å². The standard InChI is InChI=1S/C29H41N3O4S/c1-8-18-32(27(34)23(17-19-37-7)30-28(35)36-29(4,5)6)25(22-15-10-9-11-16-22)26(33)31-24-20(2)13-12-14-21(24)3/h9-16,23,25H,8,17-19H2,1-7H3,(H,30,35)(H,31,33). The molecule has 3 amide bonds. The molecule has 0 saturated heterocycles. The van der Waals surface area contributed by atoms with Crippen LogP contribution in [0.5, 0.6) is 0 Å². The van der Waals surface area contributed by atoms with E-state index < -0.39 is 23.8 Å². The average molecular weight is 528 g/mol. The maximum atomic E-state index is 14.0. The van der Waals surface area contributed by atoms with Gasteiger partial charge < -0.3 is 20.3 Å². The smallest absolute Gasteiger partial charge is 0.408 e. The van der Waals surface area contributed by atoms with Crippen LogP contribution in [-0.2, 0) is 14.3 Å². The summed E-state index contributed by atoms with van der Waals surface area (Å²) in [4.78, 5) is 42.1. The third kappa shape index (κ3) is 9.11. The van der Waals surface area contributed by atoms with Gasteiger partial charge in [0.2, 0.25) is 5.91 Å². The van der Waals surface area contributed by atoms with Gasteiger partial charge in [-0.15, -0.1) is 0 Å². The number of para-hydroxylation sites is 1. The number of hydrogen-bond acceptors (Lipinski definition) is 5. The van der Waals surface area contributed by atoms with Gasteiger partial charge in [0.15, 0.2) is 0 Å². The fourth-order valence-electron chi connectivity index (χ4n) is 4.06. The first-order chi connectivity index (χ1) is 17.5. The molecule has 0 aromatic heterocycles. The van der Waals surface area contributed by atoms with Crippen molar-refractivity contribution in [3.05, 3.63) is 65.2 Å². The number of aryl methyl sites for hydroxylation is 2. The first kappa shape index (κ1) is 30.2. The lowest BCUT2D eigenvalue weighted by Gasteiger charge is -2.34. The van der Waals surface area contributed by atoms with Gasteiger partial charge in [-0.2, -0.15) is 11.8 Å². The van der Waals surface area contributed by atoms with Crippen molar-refractivity contribution in [3.8, 4) is 0 Å². The zero-order valence-corrected chi connectivity index (χ0v) is 23.9. The van der Waals surface area contributed by atoms with Gasteiger partial charge >= 0.3 is 6.09 Å². The van der Waals surface area contributed by atoms with Crippen LogP contribution in [0.2, 0.25) is 0 Å². The number of hydrogen-bond donors (Lipinski definition) is 2. The number of carbonyl (C=O) groups is 3. The molecule has 0 aliphatic rings. The lowest BCUT2D eigenvalue weighted by molar-refractivity contribution is -0.140. The molecule has 2 aromatic carbocycles. The first-order valence-electron chi connectivity index (χ1n) is 12.7. The van der Waals surface area contributed by atoms with Crippen LogP contribution in [0.4, 0.5) is 10.5 Å². The average Bonchev–Trinajstić information content (AvgIpc) is 2.83. The summed E-state index contributed by atoms with van der Waals surface area (Å²) in [5.74, 6) is 0.0510. The summed E-state index contributed by atoms with van der Waals surface area (Å²) in [6.07, 6.45) is 2.36. The van der Waals surface area contributed by atoms with E-state index in [0.29, 0.717) is 30.7 Å². The molecule has 0 fully saturated rings. The Kier molecular flexibility index (Phi) is 11.5. The molecule has 2 atom stereocenters. The minimum Gasteiger partial charge on any atom is -0.444 e. The minimum atomic E-state index is -0.870. The number of benzene rings is 2. The molecule has 0 spiro atoms. The van der Waals surface area contributed by atoms with Gasteiger partial charge in [-0.25, -0.2) is 4.79 Å². The molecule has 0 heterocycles. The van der Waals surface area contributed by atoms with Crippen molar-refractivity contribution in [2.45, 2.75) is 72.1 Å². The van der Waals surface area contributed by atoms with Gasteiger partial charge in [0, 0.05) is 12.2 Å². The Labute approximate surface area is 225 Å². The second-order valence-corrected chi connectivity index (χ2v) is 11.1. The highest BCUT2D eigenvalue weighted by molar-refractivity contribution is 7.98. The Hall–Kier alpha value is -3.00. The van der Waals surface area contributed by atoms with E-state index in [-0.39, 0.29) is 11.8 Å². The summed E-state index contributed by atoms with van der Waals surface area (Å²) >= 11 is 1.59. The van der Waals surface area contributed by atoms with Crippen LogP contribution in [0, 0.1) is 13.8 Å². The topological polar surface area (TPSA) is 87.7 Å². The van der Waals surface area contributed by atoms with E-state index in [1.165, 1.54) is 0 Å². The highest BCUT2D eigenvalue weighted by Crippen LogP contribution is 2.27. The summed E-state index contributed by atoms with van der Waals surface area (Å²) in [6, 6.07) is 13.4. The van der Waals surface area contributed by atoms with Gasteiger partial charge in [-0.3, -0.25) is 9.59 Å². The van der Waals surface area contributed by atoms with Crippen LogP contribution in [0.15, 0.2) is 48.5 Å². The predicted octanol–water partition coefficient (Wildman–Crippen LogP) is 5.87. The number of carbonyl (C=O) groups excluding carboxylic acids is 3. The molecular formula is C29H41N3O4S. The van der Waals surface area contributed by atoms with Crippen LogP contribution < -0.4 is 10.6 Å². The second-order valence-electron chi connectivity index (χ2n) is 10.1. The normalized spacial score (nSPS) is 12.8. The quantitative estimate of drug-likeness (QED) is 0.382. The van der Waals surface area contributed by atoms with Crippen molar-refractivity contribution in [3.63, 3.8) is 0 Å². The Morgan fingerprint density at radius 2 is 1.62 bits per heavy atom. The van der Waals surface area contributed by atoms with E-state index in [1.807, 2.05) is 75.6 Å². The number of thioether (sulfide) groups is 1. The van der Waals surface area contributed by atoms with Crippen molar-refractivity contribution < 1.29 is 19.1 Å². The number of nitrogens with one attached hydrogen (secondary N) is 2. The summed E-state index contributed by atoms with van der Waals surface area (Å²) in [6.45, 7) is 11.5.